The molecular formula is C24H15ClFN3O5. The van der Waals surface area contributed by atoms with Crippen LogP contribution in [0, 0.1) is 15.9 Å². The summed E-state index contributed by atoms with van der Waals surface area (Å²) in [5.41, 5.74) is 0.569. The van der Waals surface area contributed by atoms with Crippen molar-refractivity contribution in [1.82, 2.24) is 5.32 Å². The molecule has 1 aliphatic rings. The second-order valence-corrected chi connectivity index (χ2v) is 7.78. The predicted octanol–water partition coefficient (Wildman–Crippen LogP) is 4.64. The molecule has 8 nitrogen and oxygen atoms in total. The topological polar surface area (TPSA) is 110 Å². The summed E-state index contributed by atoms with van der Waals surface area (Å²) in [6.07, 6.45) is 1.42. The second kappa shape index (κ2) is 9.24. The number of non-ortho nitro benzene ring substituents is 1. The minimum absolute atomic E-state index is 0.0761. The molecule has 0 bridgehead atoms. The van der Waals surface area contributed by atoms with E-state index in [1.807, 2.05) is 0 Å². The fraction of sp³-hybridized carbons (Fsp3) is 0.0417. The van der Waals surface area contributed by atoms with Crippen LogP contribution in [0.2, 0.25) is 5.02 Å². The molecule has 3 aromatic carbocycles. The molecule has 170 valence electrons. The van der Waals surface area contributed by atoms with Gasteiger partial charge in [-0.1, -0.05) is 41.9 Å². The number of carbonyl (C=O) groups is 3. The Balaban J connectivity index is 1.76. The van der Waals surface area contributed by atoms with Gasteiger partial charge in [-0.05, 0) is 47.0 Å². The van der Waals surface area contributed by atoms with Gasteiger partial charge in [-0.2, -0.15) is 0 Å². The summed E-state index contributed by atoms with van der Waals surface area (Å²) in [6, 6.07) is 14.8. The molecule has 0 aliphatic carbocycles. The second-order valence-electron chi connectivity index (χ2n) is 7.35. The van der Waals surface area contributed by atoms with Crippen molar-refractivity contribution < 1.29 is 23.7 Å². The lowest BCUT2D eigenvalue weighted by Gasteiger charge is -2.26. The number of nitrogens with one attached hydrogen (secondary N) is 1. The van der Waals surface area contributed by atoms with Crippen LogP contribution in [0.25, 0.3) is 6.08 Å². The van der Waals surface area contributed by atoms with Gasteiger partial charge in [-0.25, -0.2) is 14.1 Å². The van der Waals surface area contributed by atoms with E-state index in [0.29, 0.717) is 26.6 Å². The molecule has 0 unspecified atom stereocenters. The van der Waals surface area contributed by atoms with Crippen LogP contribution in [0.15, 0.2) is 72.3 Å². The maximum absolute atomic E-state index is 14.2. The molecule has 4 amide bonds. The highest BCUT2D eigenvalue weighted by atomic mass is 35.5. The van der Waals surface area contributed by atoms with E-state index in [2.05, 4.69) is 5.32 Å². The van der Waals surface area contributed by atoms with E-state index in [0.717, 1.165) is 6.07 Å². The standard InChI is InChI=1S/C24H15ClFN3O5/c25-17-9-8-14(10-15-4-1-2-7-21(15)26)16(11-17)12-20-22(30)27-24(32)28(23(20)31)18-5-3-6-19(13-18)29(33)34/h1-9,11-13H,10H2,(H,27,30,32)/b20-12+. The number of imide groups is 2. The Labute approximate surface area is 197 Å². The fourth-order valence-electron chi connectivity index (χ4n) is 3.50. The summed E-state index contributed by atoms with van der Waals surface area (Å²) in [5.74, 6) is -2.32. The molecule has 1 aliphatic heterocycles. The van der Waals surface area contributed by atoms with Crippen LogP contribution in [-0.2, 0) is 16.0 Å². The number of hydrogen-bond donors (Lipinski definition) is 1. The maximum atomic E-state index is 14.2. The lowest BCUT2D eigenvalue weighted by molar-refractivity contribution is -0.384. The predicted molar refractivity (Wildman–Crippen MR) is 123 cm³/mol. The molecule has 0 saturated carbocycles. The van der Waals surface area contributed by atoms with Gasteiger partial charge in [-0.15, -0.1) is 0 Å². The highest BCUT2D eigenvalue weighted by Crippen LogP contribution is 2.27. The number of barbiturate groups is 1. The Bertz CT molecular complexity index is 1390. The van der Waals surface area contributed by atoms with Crippen LogP contribution in [0.1, 0.15) is 16.7 Å². The van der Waals surface area contributed by atoms with E-state index >= 15 is 0 Å². The van der Waals surface area contributed by atoms with Crippen molar-refractivity contribution in [3.8, 4) is 0 Å². The van der Waals surface area contributed by atoms with E-state index in [9.17, 15) is 28.9 Å². The first-order valence-electron chi connectivity index (χ1n) is 9.92. The quantitative estimate of drug-likeness (QED) is 0.248. The molecule has 0 atom stereocenters. The van der Waals surface area contributed by atoms with E-state index in [1.54, 1.807) is 30.3 Å². The van der Waals surface area contributed by atoms with Crippen LogP contribution in [0.4, 0.5) is 20.6 Å². The normalized spacial score (nSPS) is 14.9. The number of halogens is 2. The number of carbonyl (C=O) groups excluding carboxylic acids is 3. The largest absolute Gasteiger partial charge is 0.335 e. The molecule has 10 heteroatoms. The van der Waals surface area contributed by atoms with Gasteiger partial charge < -0.3 is 0 Å². The first-order chi connectivity index (χ1) is 16.2. The summed E-state index contributed by atoms with van der Waals surface area (Å²) < 4.78 is 14.2. The third kappa shape index (κ3) is 4.55. The average Bonchev–Trinajstić information content (AvgIpc) is 2.79. The number of nitrogens with zero attached hydrogens (tertiary/aromatic N) is 2. The number of rotatable bonds is 5. The summed E-state index contributed by atoms with van der Waals surface area (Å²) in [6.45, 7) is 0. The van der Waals surface area contributed by atoms with Gasteiger partial charge >= 0.3 is 6.03 Å². The van der Waals surface area contributed by atoms with Crippen LogP contribution >= 0.6 is 11.6 Å². The maximum Gasteiger partial charge on any atom is 0.335 e. The number of benzene rings is 3. The summed E-state index contributed by atoms with van der Waals surface area (Å²) in [7, 11) is 0. The molecule has 3 aromatic rings. The smallest absolute Gasteiger partial charge is 0.273 e. The molecule has 1 heterocycles. The third-order valence-electron chi connectivity index (χ3n) is 5.15. The van der Waals surface area contributed by atoms with Gasteiger partial charge in [0.2, 0.25) is 0 Å². The van der Waals surface area contributed by atoms with Gasteiger partial charge in [0.1, 0.15) is 11.4 Å². The van der Waals surface area contributed by atoms with Gasteiger partial charge in [0.05, 0.1) is 10.6 Å². The van der Waals surface area contributed by atoms with E-state index in [4.69, 9.17) is 11.6 Å². The van der Waals surface area contributed by atoms with Crippen LogP contribution in [0.5, 0.6) is 0 Å². The molecular weight excluding hydrogens is 465 g/mol. The van der Waals surface area contributed by atoms with Crippen molar-refractivity contribution in [2.45, 2.75) is 6.42 Å². The highest BCUT2D eigenvalue weighted by Gasteiger charge is 2.37. The minimum atomic E-state index is -1.04. The zero-order chi connectivity index (χ0) is 24.4. The lowest BCUT2D eigenvalue weighted by atomic mass is 9.97. The average molecular weight is 480 g/mol. The van der Waals surface area contributed by atoms with Gasteiger partial charge in [0.15, 0.2) is 0 Å². The Hall–Kier alpha value is -4.37. The molecule has 0 radical (unpaired) electrons. The monoisotopic (exact) mass is 479 g/mol. The number of urea groups is 1. The van der Waals surface area contributed by atoms with Crippen molar-refractivity contribution in [3.63, 3.8) is 0 Å². The van der Waals surface area contributed by atoms with E-state index in [-0.39, 0.29) is 23.4 Å². The summed E-state index contributed by atoms with van der Waals surface area (Å²) >= 11 is 6.12. The van der Waals surface area contributed by atoms with E-state index < -0.39 is 28.6 Å². The number of nitro benzene ring substituents is 1. The zero-order valence-corrected chi connectivity index (χ0v) is 18.1. The van der Waals surface area contributed by atoms with Gasteiger partial charge in [0, 0.05) is 23.6 Å². The number of hydrogen-bond acceptors (Lipinski definition) is 5. The van der Waals surface area contributed by atoms with Crippen LogP contribution in [-0.4, -0.2) is 22.8 Å². The molecule has 4 rings (SSSR count). The summed E-state index contributed by atoms with van der Waals surface area (Å²) in [4.78, 5) is 49.2. The third-order valence-corrected chi connectivity index (χ3v) is 5.38. The summed E-state index contributed by atoms with van der Waals surface area (Å²) in [5, 5.41) is 13.5. The molecule has 1 fully saturated rings. The van der Waals surface area contributed by atoms with Crippen molar-refractivity contribution in [3.05, 3.63) is 110 Å². The molecule has 0 aromatic heterocycles. The minimum Gasteiger partial charge on any atom is -0.273 e. The Morgan fingerprint density at radius 2 is 1.76 bits per heavy atom. The Kier molecular flexibility index (Phi) is 6.20. The number of amides is 4. The van der Waals surface area contributed by atoms with Crippen LogP contribution in [0.3, 0.4) is 0 Å². The van der Waals surface area contributed by atoms with Crippen molar-refractivity contribution in [2.24, 2.45) is 0 Å². The lowest BCUT2D eigenvalue weighted by Crippen LogP contribution is -2.54. The highest BCUT2D eigenvalue weighted by molar-refractivity contribution is 6.39. The first-order valence-corrected chi connectivity index (χ1v) is 10.3. The number of anilines is 1. The Morgan fingerprint density at radius 1 is 1.00 bits per heavy atom. The van der Waals surface area contributed by atoms with Crippen molar-refractivity contribution >= 4 is 46.9 Å². The molecule has 1 saturated heterocycles. The fourth-order valence-corrected chi connectivity index (χ4v) is 3.68. The zero-order valence-electron chi connectivity index (χ0n) is 17.3. The molecule has 34 heavy (non-hydrogen) atoms. The molecule has 0 spiro atoms. The van der Waals surface area contributed by atoms with Gasteiger partial charge in [0.25, 0.3) is 17.5 Å². The van der Waals surface area contributed by atoms with E-state index in [1.165, 1.54) is 36.4 Å². The molecule has 1 N–H and O–H groups in total. The van der Waals surface area contributed by atoms with Crippen molar-refractivity contribution in [1.29, 1.82) is 0 Å². The van der Waals surface area contributed by atoms with Crippen molar-refractivity contribution in [2.75, 3.05) is 4.90 Å². The SMILES string of the molecule is O=C1NC(=O)N(c2cccc([N+](=O)[O-])c2)C(=O)/C1=C/c1cc(Cl)ccc1Cc1ccccc1F. The number of nitro groups is 1. The van der Waals surface area contributed by atoms with Crippen LogP contribution < -0.4 is 10.2 Å². The van der Waals surface area contributed by atoms with Gasteiger partial charge in [-0.3, -0.25) is 25.0 Å². The first kappa shape index (κ1) is 22.8. The Morgan fingerprint density at radius 3 is 2.50 bits per heavy atom.